The number of carboxylic acid groups (broad SMARTS) is 1. The molecule has 31 heavy (non-hydrogen) atoms. The molecule has 2 aromatic rings. The van der Waals surface area contributed by atoms with Crippen molar-refractivity contribution in [2.75, 3.05) is 39.9 Å². The smallest absolute Gasteiger partial charge is 0.305 e. The number of hydrogen-bond acceptors (Lipinski definition) is 5. The van der Waals surface area contributed by atoms with Crippen LogP contribution in [0, 0.1) is 0 Å². The lowest BCUT2D eigenvalue weighted by atomic mass is 9.67. The largest absolute Gasteiger partial charge is 0.508 e. The van der Waals surface area contributed by atoms with Gasteiger partial charge in [0.25, 0.3) is 5.91 Å². The van der Waals surface area contributed by atoms with Gasteiger partial charge in [-0.15, -0.1) is 0 Å². The maximum atomic E-state index is 12.7. The fourth-order valence-corrected chi connectivity index (χ4v) is 4.13. The minimum Gasteiger partial charge on any atom is -0.508 e. The minimum atomic E-state index is -0.915. The fraction of sp³-hybridized carbons (Fsp3) is 0.417. The second-order valence-corrected chi connectivity index (χ2v) is 8.00. The van der Waals surface area contributed by atoms with Gasteiger partial charge in [-0.1, -0.05) is 30.3 Å². The lowest BCUT2D eigenvalue weighted by Crippen LogP contribution is -2.41. The lowest BCUT2D eigenvalue weighted by molar-refractivity contribution is -0.138. The third-order valence-corrected chi connectivity index (χ3v) is 5.93. The van der Waals surface area contributed by atoms with Gasteiger partial charge in [0.05, 0.1) is 19.6 Å². The van der Waals surface area contributed by atoms with Crippen LogP contribution in [-0.4, -0.2) is 66.9 Å². The first-order chi connectivity index (χ1) is 14.9. The Balaban J connectivity index is 1.77. The monoisotopic (exact) mass is 426 g/mol. The summed E-state index contributed by atoms with van der Waals surface area (Å²) in [6, 6.07) is 15.2. The van der Waals surface area contributed by atoms with Gasteiger partial charge in [-0.2, -0.15) is 0 Å². The summed E-state index contributed by atoms with van der Waals surface area (Å²) in [5.74, 6) is -0.969. The number of benzene rings is 2. The summed E-state index contributed by atoms with van der Waals surface area (Å²) in [7, 11) is 2.09. The summed E-state index contributed by atoms with van der Waals surface area (Å²) in [6.45, 7) is 2.44. The molecule has 0 atom stereocenters. The van der Waals surface area contributed by atoms with Crippen LogP contribution in [0.25, 0.3) is 0 Å². The molecule has 7 heteroatoms. The molecule has 1 saturated heterocycles. The van der Waals surface area contributed by atoms with E-state index in [-0.39, 0.29) is 43.3 Å². The van der Waals surface area contributed by atoms with E-state index in [4.69, 9.17) is 9.84 Å². The number of ether oxygens (including phenoxy) is 1. The maximum absolute atomic E-state index is 12.7. The van der Waals surface area contributed by atoms with Crippen molar-refractivity contribution in [3.63, 3.8) is 0 Å². The third-order valence-electron chi connectivity index (χ3n) is 5.93. The SMILES string of the molecule is CN1CCC(c2ccccc2)(c2cc(C(=O)NCCOCCC(=O)O)ccc2O)CC1. The van der Waals surface area contributed by atoms with Crippen molar-refractivity contribution in [3.05, 3.63) is 65.2 Å². The Hall–Kier alpha value is -2.90. The van der Waals surface area contributed by atoms with E-state index in [2.05, 4.69) is 29.4 Å². The average molecular weight is 427 g/mol. The van der Waals surface area contributed by atoms with E-state index in [1.54, 1.807) is 18.2 Å². The van der Waals surface area contributed by atoms with Crippen molar-refractivity contribution >= 4 is 11.9 Å². The van der Waals surface area contributed by atoms with Crippen LogP contribution in [0.4, 0.5) is 0 Å². The summed E-state index contributed by atoms with van der Waals surface area (Å²) < 4.78 is 5.21. The minimum absolute atomic E-state index is 0.0635. The van der Waals surface area contributed by atoms with Crippen LogP contribution in [0.1, 0.15) is 40.7 Å². The molecule has 0 spiro atoms. The predicted octanol–water partition coefficient (Wildman–Crippen LogP) is 2.62. The Bertz CT molecular complexity index is 892. The normalized spacial score (nSPS) is 16.0. The molecule has 1 aliphatic heterocycles. The Morgan fingerprint density at radius 1 is 1.10 bits per heavy atom. The molecule has 7 nitrogen and oxygen atoms in total. The highest BCUT2D eigenvalue weighted by Crippen LogP contribution is 2.45. The Kier molecular flexibility index (Phi) is 7.65. The molecular formula is C24H30N2O5. The van der Waals surface area contributed by atoms with Gasteiger partial charge >= 0.3 is 5.97 Å². The molecule has 3 N–H and O–H groups in total. The second-order valence-electron chi connectivity index (χ2n) is 8.00. The summed E-state index contributed by atoms with van der Waals surface area (Å²) in [5.41, 5.74) is 2.04. The number of carbonyl (C=O) groups excluding carboxylic acids is 1. The highest BCUT2D eigenvalue weighted by atomic mass is 16.5. The van der Waals surface area contributed by atoms with Crippen LogP contribution in [-0.2, 0) is 14.9 Å². The Morgan fingerprint density at radius 2 is 1.81 bits per heavy atom. The molecule has 1 heterocycles. The van der Waals surface area contributed by atoms with Crippen molar-refractivity contribution in [1.82, 2.24) is 10.2 Å². The average Bonchev–Trinajstić information content (AvgIpc) is 2.77. The van der Waals surface area contributed by atoms with Crippen molar-refractivity contribution < 1.29 is 24.5 Å². The van der Waals surface area contributed by atoms with E-state index in [1.165, 1.54) is 0 Å². The quantitative estimate of drug-likeness (QED) is 0.533. The summed E-state index contributed by atoms with van der Waals surface area (Å²) in [6.07, 6.45) is 1.64. The number of piperidine rings is 1. The first-order valence-electron chi connectivity index (χ1n) is 10.6. The molecule has 0 saturated carbocycles. The van der Waals surface area contributed by atoms with E-state index in [9.17, 15) is 14.7 Å². The number of phenols is 1. The van der Waals surface area contributed by atoms with Crippen LogP contribution in [0.15, 0.2) is 48.5 Å². The van der Waals surface area contributed by atoms with Gasteiger partial charge in [-0.05, 0) is 56.7 Å². The van der Waals surface area contributed by atoms with E-state index in [0.717, 1.165) is 37.1 Å². The van der Waals surface area contributed by atoms with Crippen molar-refractivity contribution in [1.29, 1.82) is 0 Å². The zero-order valence-corrected chi connectivity index (χ0v) is 17.8. The van der Waals surface area contributed by atoms with Crippen molar-refractivity contribution in [3.8, 4) is 5.75 Å². The van der Waals surface area contributed by atoms with Crippen LogP contribution in [0.5, 0.6) is 5.75 Å². The van der Waals surface area contributed by atoms with Crippen LogP contribution < -0.4 is 5.32 Å². The number of aliphatic carboxylic acids is 1. The number of carbonyl (C=O) groups is 2. The van der Waals surface area contributed by atoms with Gasteiger partial charge in [-0.3, -0.25) is 9.59 Å². The number of amides is 1. The first-order valence-corrected chi connectivity index (χ1v) is 10.6. The van der Waals surface area contributed by atoms with Crippen LogP contribution in [0.2, 0.25) is 0 Å². The van der Waals surface area contributed by atoms with E-state index in [0.29, 0.717) is 5.56 Å². The molecule has 0 aliphatic carbocycles. The van der Waals surface area contributed by atoms with E-state index < -0.39 is 5.97 Å². The van der Waals surface area contributed by atoms with E-state index in [1.807, 2.05) is 18.2 Å². The summed E-state index contributed by atoms with van der Waals surface area (Å²) in [4.78, 5) is 25.4. The number of phenolic OH excluding ortho intramolecular Hbond substituents is 1. The number of nitrogens with one attached hydrogen (secondary N) is 1. The zero-order valence-electron chi connectivity index (χ0n) is 17.8. The number of rotatable bonds is 9. The summed E-state index contributed by atoms with van der Waals surface area (Å²) in [5, 5.41) is 22.2. The molecular weight excluding hydrogens is 396 g/mol. The van der Waals surface area contributed by atoms with Gasteiger partial charge in [0.2, 0.25) is 0 Å². The zero-order chi connectivity index (χ0) is 22.3. The lowest BCUT2D eigenvalue weighted by Gasteiger charge is -2.42. The van der Waals surface area contributed by atoms with Crippen LogP contribution >= 0.6 is 0 Å². The first kappa shape index (κ1) is 22.8. The Labute approximate surface area is 182 Å². The second kappa shape index (κ2) is 10.4. The predicted molar refractivity (Wildman–Crippen MR) is 117 cm³/mol. The number of carboxylic acids is 1. The van der Waals surface area contributed by atoms with E-state index >= 15 is 0 Å². The Morgan fingerprint density at radius 3 is 2.48 bits per heavy atom. The molecule has 0 unspecified atom stereocenters. The molecule has 0 aromatic heterocycles. The highest BCUT2D eigenvalue weighted by Gasteiger charge is 2.39. The molecule has 0 radical (unpaired) electrons. The van der Waals surface area contributed by atoms with Crippen molar-refractivity contribution in [2.24, 2.45) is 0 Å². The number of nitrogens with zero attached hydrogens (tertiary/aromatic N) is 1. The highest BCUT2D eigenvalue weighted by molar-refractivity contribution is 5.94. The molecule has 3 rings (SSSR count). The van der Waals surface area contributed by atoms with Gasteiger partial charge in [-0.25, -0.2) is 0 Å². The number of likely N-dealkylation sites (tertiary alicyclic amines) is 1. The molecule has 1 fully saturated rings. The van der Waals surface area contributed by atoms with Gasteiger partial charge in [0.1, 0.15) is 5.75 Å². The van der Waals surface area contributed by atoms with Gasteiger partial charge in [0.15, 0.2) is 0 Å². The third kappa shape index (κ3) is 5.62. The molecule has 0 bridgehead atoms. The topological polar surface area (TPSA) is 99.1 Å². The van der Waals surface area contributed by atoms with Crippen LogP contribution in [0.3, 0.4) is 0 Å². The molecule has 1 aliphatic rings. The number of aromatic hydroxyl groups is 1. The molecule has 2 aromatic carbocycles. The number of hydrogen-bond donors (Lipinski definition) is 3. The summed E-state index contributed by atoms with van der Waals surface area (Å²) >= 11 is 0. The standard InChI is InChI=1S/C24H30N2O5/c1-26-13-10-24(11-14-26,19-5-3-2-4-6-19)20-17-18(7-8-21(20)27)23(30)25-12-16-31-15-9-22(28)29/h2-8,17,27H,9-16H2,1H3,(H,25,30)(H,28,29). The molecule has 166 valence electrons. The van der Waals surface area contributed by atoms with Crippen molar-refractivity contribution in [2.45, 2.75) is 24.7 Å². The van der Waals surface area contributed by atoms with Gasteiger partial charge in [0, 0.05) is 23.1 Å². The molecule has 1 amide bonds. The van der Waals surface area contributed by atoms with Gasteiger partial charge < -0.3 is 25.2 Å². The maximum Gasteiger partial charge on any atom is 0.305 e. The fourth-order valence-electron chi connectivity index (χ4n) is 4.13.